The Labute approximate surface area is 197 Å². The van der Waals surface area contributed by atoms with Crippen LogP contribution < -0.4 is 28.5 Å². The first-order chi connectivity index (χ1) is 14.0. The molecule has 2 aliphatic rings. The SMILES string of the molecule is CC[n+]1ccc(C=Cc2cc(C)c3cc(C(C)C)ccc(C)c2-3)c2ccccc21.[I-]. The van der Waals surface area contributed by atoms with Crippen molar-refractivity contribution in [1.82, 2.24) is 0 Å². The molecule has 4 rings (SSSR count). The molecule has 0 saturated carbocycles. The third-order valence-corrected chi connectivity index (χ3v) is 5.99. The van der Waals surface area contributed by atoms with Gasteiger partial charge in [-0.1, -0.05) is 62.4 Å². The summed E-state index contributed by atoms with van der Waals surface area (Å²) in [4.78, 5) is 0. The molecule has 0 unspecified atom stereocenters. The molecule has 0 radical (unpaired) electrons. The van der Waals surface area contributed by atoms with E-state index in [1.54, 1.807) is 0 Å². The van der Waals surface area contributed by atoms with Gasteiger partial charge in [0.05, 0.1) is 5.39 Å². The van der Waals surface area contributed by atoms with E-state index in [2.05, 4.69) is 112 Å². The highest BCUT2D eigenvalue weighted by Gasteiger charge is 2.15. The Kier molecular flexibility index (Phi) is 6.97. The Bertz CT molecular complexity index is 1190. The smallest absolute Gasteiger partial charge is 0.213 e. The second-order valence-corrected chi connectivity index (χ2v) is 8.29. The first kappa shape index (κ1) is 22.5. The molecule has 0 saturated heterocycles. The van der Waals surface area contributed by atoms with E-state index in [4.69, 9.17) is 0 Å². The lowest BCUT2D eigenvalue weighted by Gasteiger charge is -2.05. The van der Waals surface area contributed by atoms with Gasteiger partial charge in [-0.3, -0.25) is 0 Å². The fourth-order valence-corrected chi connectivity index (χ4v) is 4.28. The van der Waals surface area contributed by atoms with Gasteiger partial charge in [-0.25, -0.2) is 0 Å². The highest BCUT2D eigenvalue weighted by Crippen LogP contribution is 2.37. The lowest BCUT2D eigenvalue weighted by molar-refractivity contribution is -0.667. The molecule has 1 heterocycles. The number of rotatable bonds is 4. The Morgan fingerprint density at radius 3 is 2.33 bits per heavy atom. The minimum absolute atomic E-state index is 0. The molecule has 2 aliphatic carbocycles. The van der Waals surface area contributed by atoms with Gasteiger partial charge in [0.25, 0.3) is 0 Å². The van der Waals surface area contributed by atoms with Crippen molar-refractivity contribution in [2.75, 3.05) is 0 Å². The zero-order valence-electron chi connectivity index (χ0n) is 18.5. The molecule has 2 aromatic rings. The van der Waals surface area contributed by atoms with E-state index in [0.29, 0.717) is 5.92 Å². The van der Waals surface area contributed by atoms with Crippen molar-refractivity contribution in [2.24, 2.45) is 0 Å². The van der Waals surface area contributed by atoms with Crippen molar-refractivity contribution in [3.05, 3.63) is 88.6 Å². The Balaban J connectivity index is 0.00000256. The van der Waals surface area contributed by atoms with Gasteiger partial charge in [0.15, 0.2) is 6.20 Å². The summed E-state index contributed by atoms with van der Waals surface area (Å²) < 4.78 is 2.30. The first-order valence-electron chi connectivity index (χ1n) is 10.6. The fraction of sp³-hybridized carbons (Fsp3) is 0.250. The third kappa shape index (κ3) is 4.15. The molecule has 154 valence electrons. The molecular formula is C28H30IN. The summed E-state index contributed by atoms with van der Waals surface area (Å²) in [6, 6.07) is 20.1. The summed E-state index contributed by atoms with van der Waals surface area (Å²) in [5.41, 5.74) is 10.7. The van der Waals surface area contributed by atoms with E-state index in [9.17, 15) is 0 Å². The predicted octanol–water partition coefficient (Wildman–Crippen LogP) is 4.17. The summed E-state index contributed by atoms with van der Waals surface area (Å²) >= 11 is 0. The van der Waals surface area contributed by atoms with E-state index in [-0.39, 0.29) is 24.0 Å². The zero-order valence-corrected chi connectivity index (χ0v) is 20.7. The zero-order chi connectivity index (χ0) is 20.5. The van der Waals surface area contributed by atoms with Crippen LogP contribution in [-0.4, -0.2) is 0 Å². The molecular weight excluding hydrogens is 477 g/mol. The van der Waals surface area contributed by atoms with Gasteiger partial charge in [0, 0.05) is 12.1 Å². The normalized spacial score (nSPS) is 11.5. The number of nitrogens with zero attached hydrogens (tertiary/aromatic N) is 1. The van der Waals surface area contributed by atoms with Gasteiger partial charge in [0.2, 0.25) is 5.52 Å². The standard InChI is InChI=1S/C28H30N.HI/c1-6-29-16-15-22(25-9-7-8-10-27(25)29)13-14-24-17-21(5)26-18-23(19(2)3)12-11-20(4)28(24)26;/h7-19H,6H2,1-5H3;1H/q+1;/p-1. The fourth-order valence-electron chi connectivity index (χ4n) is 4.28. The average Bonchev–Trinajstić information content (AvgIpc) is 2.91. The van der Waals surface area contributed by atoms with Crippen LogP contribution in [0.25, 0.3) is 34.2 Å². The maximum Gasteiger partial charge on any atom is 0.213 e. The van der Waals surface area contributed by atoms with Gasteiger partial charge in [-0.2, -0.15) is 4.57 Å². The number of hydrogen-bond acceptors (Lipinski definition) is 0. The minimum atomic E-state index is 0. The molecule has 0 atom stereocenters. The Morgan fingerprint density at radius 2 is 1.60 bits per heavy atom. The van der Waals surface area contributed by atoms with Crippen molar-refractivity contribution >= 4 is 23.1 Å². The minimum Gasteiger partial charge on any atom is -1.00 e. The predicted molar refractivity (Wildman–Crippen MR) is 125 cm³/mol. The van der Waals surface area contributed by atoms with Crippen molar-refractivity contribution < 1.29 is 28.5 Å². The number of aryl methyl sites for hydroxylation is 3. The van der Waals surface area contributed by atoms with Crippen LogP contribution in [0.5, 0.6) is 0 Å². The van der Waals surface area contributed by atoms with Crippen LogP contribution >= 0.6 is 0 Å². The second kappa shape index (κ2) is 9.30. The molecule has 0 bridgehead atoms. The Hall–Kier alpha value is -2.20. The van der Waals surface area contributed by atoms with Gasteiger partial charge in [-0.05, 0) is 71.7 Å². The number of fused-ring (bicyclic) bond motifs is 2. The van der Waals surface area contributed by atoms with Gasteiger partial charge >= 0.3 is 0 Å². The van der Waals surface area contributed by atoms with E-state index in [1.165, 1.54) is 49.8 Å². The summed E-state index contributed by atoms with van der Waals surface area (Å²) in [6.07, 6.45) is 6.75. The van der Waals surface area contributed by atoms with Gasteiger partial charge < -0.3 is 24.0 Å². The molecule has 0 fully saturated rings. The molecule has 1 aromatic heterocycles. The van der Waals surface area contributed by atoms with Crippen molar-refractivity contribution in [2.45, 2.75) is 47.1 Å². The molecule has 30 heavy (non-hydrogen) atoms. The van der Waals surface area contributed by atoms with Crippen molar-refractivity contribution in [3.63, 3.8) is 0 Å². The third-order valence-electron chi connectivity index (χ3n) is 5.99. The van der Waals surface area contributed by atoms with Crippen LogP contribution in [0.1, 0.15) is 54.5 Å². The highest BCUT2D eigenvalue weighted by atomic mass is 127. The Morgan fingerprint density at radius 1 is 0.867 bits per heavy atom. The number of hydrogen-bond donors (Lipinski definition) is 0. The summed E-state index contributed by atoms with van der Waals surface area (Å²) in [5.74, 6) is 0.527. The molecule has 0 aliphatic heterocycles. The largest absolute Gasteiger partial charge is 1.00 e. The van der Waals surface area contributed by atoms with Crippen LogP contribution in [0, 0.1) is 13.8 Å². The summed E-state index contributed by atoms with van der Waals surface area (Å²) in [7, 11) is 0. The van der Waals surface area contributed by atoms with Crippen LogP contribution in [0.15, 0.2) is 60.8 Å². The summed E-state index contributed by atoms with van der Waals surface area (Å²) in [6.45, 7) is 12.1. The second-order valence-electron chi connectivity index (χ2n) is 8.29. The van der Waals surface area contributed by atoms with Crippen LogP contribution in [0.2, 0.25) is 0 Å². The number of halogens is 1. The maximum atomic E-state index is 2.38. The number of para-hydroxylation sites is 1. The summed E-state index contributed by atoms with van der Waals surface area (Å²) in [5, 5.41) is 1.30. The van der Waals surface area contributed by atoms with E-state index >= 15 is 0 Å². The van der Waals surface area contributed by atoms with Crippen LogP contribution in [0.4, 0.5) is 0 Å². The van der Waals surface area contributed by atoms with E-state index in [1.807, 2.05) is 0 Å². The van der Waals surface area contributed by atoms with E-state index < -0.39 is 0 Å². The number of aromatic nitrogens is 1. The molecule has 2 heteroatoms. The quantitative estimate of drug-likeness (QED) is 0.289. The molecule has 1 aromatic carbocycles. The van der Waals surface area contributed by atoms with Crippen molar-refractivity contribution in [1.29, 1.82) is 0 Å². The lowest BCUT2D eigenvalue weighted by atomic mass is 10.00. The maximum absolute atomic E-state index is 2.38. The molecule has 0 N–H and O–H groups in total. The van der Waals surface area contributed by atoms with Crippen LogP contribution in [0.3, 0.4) is 0 Å². The molecule has 0 amide bonds. The van der Waals surface area contributed by atoms with Crippen molar-refractivity contribution in [3.8, 4) is 11.1 Å². The average molecular weight is 507 g/mol. The monoisotopic (exact) mass is 507 g/mol. The number of pyridine rings is 1. The number of benzene rings is 1. The lowest BCUT2D eigenvalue weighted by Crippen LogP contribution is -3.00. The van der Waals surface area contributed by atoms with E-state index in [0.717, 1.165) is 6.54 Å². The van der Waals surface area contributed by atoms with Gasteiger partial charge in [-0.15, -0.1) is 0 Å². The molecule has 0 spiro atoms. The topological polar surface area (TPSA) is 3.88 Å². The highest BCUT2D eigenvalue weighted by molar-refractivity contribution is 5.92. The first-order valence-corrected chi connectivity index (χ1v) is 10.6. The van der Waals surface area contributed by atoms with Crippen LogP contribution in [-0.2, 0) is 6.54 Å². The molecule has 1 nitrogen and oxygen atoms in total. The van der Waals surface area contributed by atoms with Gasteiger partial charge in [0.1, 0.15) is 6.54 Å².